The summed E-state index contributed by atoms with van der Waals surface area (Å²) >= 11 is 3.44. The maximum Gasteiger partial charge on any atom is 0.238 e. The molecule has 1 aliphatic rings. The van der Waals surface area contributed by atoms with Gasteiger partial charge in [-0.1, -0.05) is 15.9 Å². The molecule has 0 radical (unpaired) electrons. The Labute approximate surface area is 128 Å². The molecule has 20 heavy (non-hydrogen) atoms. The lowest BCUT2D eigenvalue weighted by Gasteiger charge is -2.17. The lowest BCUT2D eigenvalue weighted by molar-refractivity contribution is -0.117. The molecule has 1 aromatic carbocycles. The highest BCUT2D eigenvalue weighted by molar-refractivity contribution is 9.10. The minimum absolute atomic E-state index is 0.00188. The average Bonchev–Trinajstić information content (AvgIpc) is 2.82. The Morgan fingerprint density at radius 1 is 1.60 bits per heavy atom. The summed E-state index contributed by atoms with van der Waals surface area (Å²) in [4.78, 5) is 14.1. The summed E-state index contributed by atoms with van der Waals surface area (Å²) in [6.45, 7) is 5.87. The van der Waals surface area contributed by atoms with Crippen LogP contribution in [0.2, 0.25) is 0 Å². The smallest absolute Gasteiger partial charge is 0.238 e. The lowest BCUT2D eigenvalue weighted by atomic mass is 10.0. The molecule has 110 valence electrons. The number of amides is 1. The van der Waals surface area contributed by atoms with Crippen molar-refractivity contribution in [2.24, 2.45) is 5.92 Å². The molecule has 0 aliphatic carbocycles. The van der Waals surface area contributed by atoms with Crippen LogP contribution >= 0.6 is 15.9 Å². The van der Waals surface area contributed by atoms with Gasteiger partial charge in [-0.25, -0.2) is 0 Å². The minimum atomic E-state index is -0.294. The van der Waals surface area contributed by atoms with E-state index in [1.54, 1.807) is 0 Å². The van der Waals surface area contributed by atoms with Crippen molar-refractivity contribution in [2.45, 2.75) is 26.4 Å². The van der Waals surface area contributed by atoms with Gasteiger partial charge in [0.25, 0.3) is 0 Å². The molecule has 1 aromatic rings. The van der Waals surface area contributed by atoms with E-state index in [1.165, 1.54) is 0 Å². The van der Waals surface area contributed by atoms with Crippen molar-refractivity contribution in [3.8, 4) is 0 Å². The van der Waals surface area contributed by atoms with E-state index in [2.05, 4.69) is 26.1 Å². The van der Waals surface area contributed by atoms with Crippen molar-refractivity contribution in [2.75, 3.05) is 25.0 Å². The van der Waals surface area contributed by atoms with Crippen molar-refractivity contribution < 1.29 is 9.90 Å². The van der Waals surface area contributed by atoms with Crippen LogP contribution in [0.4, 0.5) is 5.69 Å². The number of likely N-dealkylation sites (tertiary alicyclic amines) is 1. The zero-order valence-electron chi connectivity index (χ0n) is 11.9. The summed E-state index contributed by atoms with van der Waals surface area (Å²) < 4.78 is 1.04. The zero-order valence-corrected chi connectivity index (χ0v) is 13.5. The molecule has 4 nitrogen and oxygen atoms in total. The van der Waals surface area contributed by atoms with E-state index >= 15 is 0 Å². The largest absolute Gasteiger partial charge is 0.393 e. The fourth-order valence-electron chi connectivity index (χ4n) is 2.53. The number of hydrogen-bond acceptors (Lipinski definition) is 3. The summed E-state index contributed by atoms with van der Waals surface area (Å²) in [5, 5.41) is 12.5. The number of hydrogen-bond donors (Lipinski definition) is 2. The number of anilines is 1. The highest BCUT2D eigenvalue weighted by atomic mass is 79.9. The van der Waals surface area contributed by atoms with Gasteiger partial charge in [-0.2, -0.15) is 0 Å². The quantitative estimate of drug-likeness (QED) is 0.884. The van der Waals surface area contributed by atoms with Gasteiger partial charge in [0, 0.05) is 16.7 Å². The molecule has 2 atom stereocenters. The van der Waals surface area contributed by atoms with Crippen molar-refractivity contribution in [1.82, 2.24) is 4.90 Å². The molecule has 0 saturated carbocycles. The van der Waals surface area contributed by atoms with Crippen LogP contribution < -0.4 is 5.32 Å². The summed E-state index contributed by atoms with van der Waals surface area (Å²) in [5.41, 5.74) is 1.92. The van der Waals surface area contributed by atoms with Crippen LogP contribution in [0.15, 0.2) is 22.7 Å². The van der Waals surface area contributed by atoms with Crippen LogP contribution in [0.1, 0.15) is 18.9 Å². The van der Waals surface area contributed by atoms with Crippen LogP contribution in [0.25, 0.3) is 0 Å². The fraction of sp³-hybridized carbons (Fsp3) is 0.533. The van der Waals surface area contributed by atoms with Crippen LogP contribution in [0.5, 0.6) is 0 Å². The van der Waals surface area contributed by atoms with Gasteiger partial charge in [0.05, 0.1) is 12.6 Å². The number of benzene rings is 1. The molecular weight excluding hydrogens is 320 g/mol. The molecule has 1 aliphatic heterocycles. The van der Waals surface area contributed by atoms with E-state index in [-0.39, 0.29) is 17.9 Å². The van der Waals surface area contributed by atoms with Gasteiger partial charge in [0.2, 0.25) is 5.91 Å². The number of carbonyl (C=O) groups is 1. The van der Waals surface area contributed by atoms with Crippen LogP contribution in [0, 0.1) is 12.8 Å². The van der Waals surface area contributed by atoms with E-state index in [9.17, 15) is 9.90 Å². The maximum absolute atomic E-state index is 12.0. The second-order valence-corrected chi connectivity index (χ2v) is 6.39. The van der Waals surface area contributed by atoms with Gasteiger partial charge >= 0.3 is 0 Å². The average molecular weight is 341 g/mol. The third-order valence-corrected chi connectivity index (χ3v) is 4.69. The fourth-order valence-corrected chi connectivity index (χ4v) is 2.77. The van der Waals surface area contributed by atoms with Crippen molar-refractivity contribution >= 4 is 27.5 Å². The molecule has 1 saturated heterocycles. The van der Waals surface area contributed by atoms with Gasteiger partial charge in [0.15, 0.2) is 0 Å². The first kappa shape index (κ1) is 15.5. The Bertz CT molecular complexity index is 491. The molecule has 0 spiro atoms. The number of rotatable bonds is 4. The van der Waals surface area contributed by atoms with E-state index in [0.717, 1.165) is 35.2 Å². The van der Waals surface area contributed by atoms with Gasteiger partial charge in [-0.05, 0) is 56.5 Å². The topological polar surface area (TPSA) is 52.6 Å². The molecule has 1 amide bonds. The van der Waals surface area contributed by atoms with E-state index in [0.29, 0.717) is 6.54 Å². The molecule has 1 heterocycles. The monoisotopic (exact) mass is 340 g/mol. The lowest BCUT2D eigenvalue weighted by Crippen LogP contribution is -2.32. The van der Waals surface area contributed by atoms with Crippen molar-refractivity contribution in [1.29, 1.82) is 0 Å². The molecular formula is C15H21BrN2O2. The third-order valence-electron chi connectivity index (χ3n) is 3.80. The highest BCUT2D eigenvalue weighted by Crippen LogP contribution is 2.21. The normalized spacial score (nSPS) is 20.9. The molecule has 1 fully saturated rings. The predicted molar refractivity (Wildman–Crippen MR) is 83.7 cm³/mol. The minimum Gasteiger partial charge on any atom is -0.393 e. The number of nitrogens with one attached hydrogen (secondary N) is 1. The SMILES string of the molecule is Cc1cc(NC(=O)CN2CCC(C(C)O)C2)ccc1Br. The predicted octanol–water partition coefficient (Wildman–Crippen LogP) is 2.40. The van der Waals surface area contributed by atoms with Crippen molar-refractivity contribution in [3.63, 3.8) is 0 Å². The molecule has 2 unspecified atom stereocenters. The van der Waals surface area contributed by atoms with E-state index < -0.39 is 0 Å². The van der Waals surface area contributed by atoms with Gasteiger partial charge in [-0.15, -0.1) is 0 Å². The number of aliphatic hydroxyl groups excluding tert-OH is 1. The van der Waals surface area contributed by atoms with Gasteiger partial charge in [0.1, 0.15) is 0 Å². The zero-order chi connectivity index (χ0) is 14.7. The summed E-state index contributed by atoms with van der Waals surface area (Å²) in [6, 6.07) is 5.77. The maximum atomic E-state index is 12.0. The van der Waals surface area contributed by atoms with E-state index in [4.69, 9.17) is 0 Å². The molecule has 5 heteroatoms. The van der Waals surface area contributed by atoms with Crippen molar-refractivity contribution in [3.05, 3.63) is 28.2 Å². The third kappa shape index (κ3) is 4.04. The highest BCUT2D eigenvalue weighted by Gasteiger charge is 2.26. The van der Waals surface area contributed by atoms with Crippen LogP contribution in [-0.2, 0) is 4.79 Å². The van der Waals surface area contributed by atoms with E-state index in [1.807, 2.05) is 32.0 Å². The van der Waals surface area contributed by atoms with Crippen LogP contribution in [0.3, 0.4) is 0 Å². The number of aryl methyl sites for hydroxylation is 1. The first-order valence-electron chi connectivity index (χ1n) is 6.92. The number of nitrogens with zero attached hydrogens (tertiary/aromatic N) is 1. The molecule has 0 bridgehead atoms. The molecule has 0 aromatic heterocycles. The summed E-state index contributed by atoms with van der Waals surface area (Å²) in [5.74, 6) is 0.288. The molecule has 2 rings (SSSR count). The van der Waals surface area contributed by atoms with Gasteiger partial charge in [-0.3, -0.25) is 9.69 Å². The Balaban J connectivity index is 1.85. The Hall–Kier alpha value is -0.910. The first-order chi connectivity index (χ1) is 9.45. The molecule has 2 N–H and O–H groups in total. The van der Waals surface area contributed by atoms with Crippen LogP contribution in [-0.4, -0.2) is 41.7 Å². The first-order valence-corrected chi connectivity index (χ1v) is 7.71. The number of halogens is 1. The Morgan fingerprint density at radius 2 is 2.35 bits per heavy atom. The number of carbonyl (C=O) groups excluding carboxylic acids is 1. The second-order valence-electron chi connectivity index (χ2n) is 5.54. The Morgan fingerprint density at radius 3 is 2.95 bits per heavy atom. The standard InChI is InChI=1S/C15H21BrN2O2/c1-10-7-13(3-4-14(10)16)17-15(20)9-18-6-5-12(8-18)11(2)19/h3-4,7,11-12,19H,5-6,8-9H2,1-2H3,(H,17,20). The summed E-state index contributed by atoms with van der Waals surface area (Å²) in [6.07, 6.45) is 0.666. The van der Waals surface area contributed by atoms with Gasteiger partial charge < -0.3 is 10.4 Å². The summed E-state index contributed by atoms with van der Waals surface area (Å²) in [7, 11) is 0. The second kappa shape index (κ2) is 6.70. The number of aliphatic hydroxyl groups is 1. The Kier molecular flexibility index (Phi) is 5.18.